The highest BCUT2D eigenvalue weighted by Gasteiger charge is 2.13. The smallest absolute Gasteiger partial charge is 0.128 e. The van der Waals surface area contributed by atoms with E-state index in [2.05, 4.69) is 33.8 Å². The van der Waals surface area contributed by atoms with Crippen LogP contribution in [-0.2, 0) is 0 Å². The highest BCUT2D eigenvalue weighted by atomic mass is 15.2. The van der Waals surface area contributed by atoms with Gasteiger partial charge in [0.15, 0.2) is 0 Å². The predicted molar refractivity (Wildman–Crippen MR) is 63.2 cm³/mol. The first kappa shape index (κ1) is 10.4. The molecule has 0 bridgehead atoms. The third-order valence-electron chi connectivity index (χ3n) is 3.01. The number of hydrogen-bond donors (Lipinski definition) is 0. The number of hydrogen-bond acceptors (Lipinski definition) is 3. The summed E-state index contributed by atoms with van der Waals surface area (Å²) in [5.41, 5.74) is 0. The molecule has 0 N–H and O–H groups in total. The molecule has 3 heteroatoms. The Kier molecular flexibility index (Phi) is 3.56. The van der Waals surface area contributed by atoms with Crippen molar-refractivity contribution < 1.29 is 0 Å². The first-order valence-electron chi connectivity index (χ1n) is 5.78. The lowest BCUT2D eigenvalue weighted by molar-refractivity contribution is 0.310. The van der Waals surface area contributed by atoms with Crippen molar-refractivity contribution in [3.63, 3.8) is 0 Å². The Labute approximate surface area is 91.7 Å². The lowest BCUT2D eigenvalue weighted by atomic mass is 10.3. The van der Waals surface area contributed by atoms with Gasteiger partial charge in [-0.2, -0.15) is 0 Å². The predicted octanol–water partition coefficient (Wildman–Crippen LogP) is 1.61. The molecule has 2 heterocycles. The van der Waals surface area contributed by atoms with Gasteiger partial charge >= 0.3 is 0 Å². The fourth-order valence-electron chi connectivity index (χ4n) is 2.06. The maximum atomic E-state index is 4.40. The van der Waals surface area contributed by atoms with Gasteiger partial charge in [0, 0.05) is 25.8 Å². The molecule has 0 radical (unpaired) electrons. The summed E-state index contributed by atoms with van der Waals surface area (Å²) in [5.74, 6) is 1.12. The molecule has 1 fully saturated rings. The number of anilines is 1. The molecule has 1 aromatic heterocycles. The van der Waals surface area contributed by atoms with E-state index >= 15 is 0 Å². The summed E-state index contributed by atoms with van der Waals surface area (Å²) >= 11 is 0. The molecule has 0 aromatic carbocycles. The van der Waals surface area contributed by atoms with Crippen molar-refractivity contribution >= 4 is 5.82 Å². The minimum Gasteiger partial charge on any atom is -0.355 e. The van der Waals surface area contributed by atoms with E-state index in [-0.39, 0.29) is 0 Å². The molecule has 1 aliphatic rings. The van der Waals surface area contributed by atoms with E-state index in [1.807, 2.05) is 12.3 Å². The van der Waals surface area contributed by atoms with Gasteiger partial charge in [0.2, 0.25) is 0 Å². The molecule has 0 aliphatic carbocycles. The van der Waals surface area contributed by atoms with E-state index in [1.165, 1.54) is 13.0 Å². The van der Waals surface area contributed by atoms with E-state index in [0.29, 0.717) is 0 Å². The first-order chi connectivity index (χ1) is 7.40. The number of pyridine rings is 1. The van der Waals surface area contributed by atoms with Crippen molar-refractivity contribution in [2.24, 2.45) is 0 Å². The van der Waals surface area contributed by atoms with Crippen LogP contribution in [0.15, 0.2) is 24.4 Å². The van der Waals surface area contributed by atoms with Crippen LogP contribution < -0.4 is 4.90 Å². The van der Waals surface area contributed by atoms with Crippen molar-refractivity contribution in [1.82, 2.24) is 9.88 Å². The van der Waals surface area contributed by atoms with E-state index in [9.17, 15) is 0 Å². The number of rotatable bonds is 2. The lowest BCUT2D eigenvalue weighted by Crippen LogP contribution is -2.30. The van der Waals surface area contributed by atoms with Crippen molar-refractivity contribution in [1.29, 1.82) is 0 Å². The molecule has 82 valence electrons. The Morgan fingerprint density at radius 3 is 2.87 bits per heavy atom. The largest absolute Gasteiger partial charge is 0.355 e. The van der Waals surface area contributed by atoms with E-state index in [0.717, 1.165) is 32.0 Å². The Hall–Kier alpha value is -1.09. The zero-order valence-corrected chi connectivity index (χ0v) is 9.39. The summed E-state index contributed by atoms with van der Waals surface area (Å²) in [6.45, 7) is 8.01. The SMILES string of the molecule is CCN1CCCN(c2ccccn2)CC1. The number of likely N-dealkylation sites (N-methyl/N-ethyl adjacent to an activating group) is 1. The summed E-state index contributed by atoms with van der Waals surface area (Å²) in [6.07, 6.45) is 3.11. The Bertz CT molecular complexity index is 286. The van der Waals surface area contributed by atoms with Gasteiger partial charge in [-0.25, -0.2) is 4.98 Å². The van der Waals surface area contributed by atoms with Crippen LogP contribution in [0.5, 0.6) is 0 Å². The molecule has 1 aliphatic heterocycles. The summed E-state index contributed by atoms with van der Waals surface area (Å²) in [6, 6.07) is 6.13. The van der Waals surface area contributed by atoms with Crippen LogP contribution in [-0.4, -0.2) is 42.6 Å². The average Bonchev–Trinajstić information content (AvgIpc) is 2.55. The second-order valence-electron chi connectivity index (χ2n) is 3.96. The summed E-state index contributed by atoms with van der Waals surface area (Å²) in [4.78, 5) is 9.29. The topological polar surface area (TPSA) is 19.4 Å². The van der Waals surface area contributed by atoms with Crippen molar-refractivity contribution in [2.45, 2.75) is 13.3 Å². The zero-order valence-electron chi connectivity index (χ0n) is 9.39. The second-order valence-corrected chi connectivity index (χ2v) is 3.96. The number of aromatic nitrogens is 1. The van der Waals surface area contributed by atoms with Crippen LogP contribution in [0.1, 0.15) is 13.3 Å². The van der Waals surface area contributed by atoms with Crippen LogP contribution in [0.2, 0.25) is 0 Å². The molecule has 3 nitrogen and oxygen atoms in total. The molecule has 1 saturated heterocycles. The fourth-order valence-corrected chi connectivity index (χ4v) is 2.06. The maximum Gasteiger partial charge on any atom is 0.128 e. The monoisotopic (exact) mass is 205 g/mol. The minimum absolute atomic E-state index is 1.10. The van der Waals surface area contributed by atoms with Gasteiger partial charge in [-0.05, 0) is 31.6 Å². The van der Waals surface area contributed by atoms with Crippen LogP contribution in [0.3, 0.4) is 0 Å². The highest BCUT2D eigenvalue weighted by Crippen LogP contribution is 2.12. The van der Waals surface area contributed by atoms with Gasteiger partial charge in [0.1, 0.15) is 5.82 Å². The molecule has 0 saturated carbocycles. The molecular formula is C12H19N3. The lowest BCUT2D eigenvalue weighted by Gasteiger charge is -2.21. The summed E-state index contributed by atoms with van der Waals surface area (Å²) < 4.78 is 0. The normalized spacial score (nSPS) is 18.9. The summed E-state index contributed by atoms with van der Waals surface area (Å²) in [7, 11) is 0. The number of nitrogens with zero attached hydrogens (tertiary/aromatic N) is 3. The Morgan fingerprint density at radius 2 is 2.13 bits per heavy atom. The second kappa shape index (κ2) is 5.12. The summed E-state index contributed by atoms with van der Waals surface area (Å²) in [5, 5.41) is 0. The average molecular weight is 205 g/mol. The molecule has 2 rings (SSSR count). The van der Waals surface area contributed by atoms with Crippen LogP contribution in [0.4, 0.5) is 5.82 Å². The Balaban J connectivity index is 2.00. The van der Waals surface area contributed by atoms with Gasteiger partial charge in [-0.15, -0.1) is 0 Å². The first-order valence-corrected chi connectivity index (χ1v) is 5.78. The molecule has 0 amide bonds. The highest BCUT2D eigenvalue weighted by molar-refractivity contribution is 5.37. The Morgan fingerprint density at radius 1 is 1.20 bits per heavy atom. The van der Waals surface area contributed by atoms with Crippen LogP contribution in [0, 0.1) is 0 Å². The molecular weight excluding hydrogens is 186 g/mol. The molecule has 0 atom stereocenters. The quantitative estimate of drug-likeness (QED) is 0.731. The van der Waals surface area contributed by atoms with Crippen molar-refractivity contribution in [3.05, 3.63) is 24.4 Å². The maximum absolute atomic E-state index is 4.40. The van der Waals surface area contributed by atoms with Gasteiger partial charge in [-0.3, -0.25) is 0 Å². The fraction of sp³-hybridized carbons (Fsp3) is 0.583. The zero-order chi connectivity index (χ0) is 10.5. The third kappa shape index (κ3) is 2.69. The minimum atomic E-state index is 1.10. The molecule has 15 heavy (non-hydrogen) atoms. The van der Waals surface area contributed by atoms with Gasteiger partial charge < -0.3 is 9.80 Å². The molecule has 1 aromatic rings. The van der Waals surface area contributed by atoms with Crippen molar-refractivity contribution in [2.75, 3.05) is 37.6 Å². The van der Waals surface area contributed by atoms with Gasteiger partial charge in [0.05, 0.1) is 0 Å². The van der Waals surface area contributed by atoms with E-state index in [4.69, 9.17) is 0 Å². The third-order valence-corrected chi connectivity index (χ3v) is 3.01. The molecule has 0 unspecified atom stereocenters. The van der Waals surface area contributed by atoms with E-state index in [1.54, 1.807) is 0 Å². The van der Waals surface area contributed by atoms with Gasteiger partial charge in [-0.1, -0.05) is 13.0 Å². The molecule has 0 spiro atoms. The van der Waals surface area contributed by atoms with Crippen LogP contribution in [0.25, 0.3) is 0 Å². The standard InChI is InChI=1S/C12H19N3/c1-2-14-8-5-9-15(11-10-14)12-6-3-4-7-13-12/h3-4,6-7H,2,5,8-11H2,1H3. The van der Waals surface area contributed by atoms with Crippen molar-refractivity contribution in [3.8, 4) is 0 Å². The van der Waals surface area contributed by atoms with E-state index < -0.39 is 0 Å². The van der Waals surface area contributed by atoms with Gasteiger partial charge in [0.25, 0.3) is 0 Å². The van der Waals surface area contributed by atoms with Crippen LogP contribution >= 0.6 is 0 Å².